The SMILES string of the molecule is OC[C@@H](O)[C@@H](O)[C@H](O)[C@H](O)CO.[CaH2]. The molecule has 0 aromatic heterocycles. The summed E-state index contributed by atoms with van der Waals surface area (Å²) in [5.74, 6) is 0. The molecule has 0 aliphatic rings. The fourth-order valence-corrected chi connectivity index (χ4v) is 0.671. The molecule has 13 heavy (non-hydrogen) atoms. The van der Waals surface area contributed by atoms with Gasteiger partial charge in [0.15, 0.2) is 0 Å². The number of aliphatic hydroxyl groups excluding tert-OH is 6. The molecule has 0 spiro atoms. The molecule has 0 saturated heterocycles. The molecule has 4 atom stereocenters. The van der Waals surface area contributed by atoms with Crippen LogP contribution in [0.25, 0.3) is 0 Å². The third-order valence-corrected chi connectivity index (χ3v) is 1.51. The summed E-state index contributed by atoms with van der Waals surface area (Å²) in [6.07, 6.45) is -6.39. The van der Waals surface area contributed by atoms with E-state index in [0.29, 0.717) is 0 Å². The van der Waals surface area contributed by atoms with Gasteiger partial charge < -0.3 is 30.6 Å². The van der Waals surface area contributed by atoms with E-state index in [1.165, 1.54) is 0 Å². The van der Waals surface area contributed by atoms with Crippen LogP contribution in [0.15, 0.2) is 0 Å². The second kappa shape index (κ2) is 8.34. The summed E-state index contributed by atoms with van der Waals surface area (Å²) in [5, 5.41) is 52.2. The van der Waals surface area contributed by atoms with E-state index in [9.17, 15) is 0 Å². The summed E-state index contributed by atoms with van der Waals surface area (Å²) in [5.41, 5.74) is 0. The third-order valence-electron chi connectivity index (χ3n) is 1.51. The van der Waals surface area contributed by atoms with E-state index in [1.54, 1.807) is 0 Å². The Morgan fingerprint density at radius 3 is 1.08 bits per heavy atom. The third kappa shape index (κ3) is 5.46. The molecule has 0 aromatic rings. The molecule has 7 heteroatoms. The van der Waals surface area contributed by atoms with Crippen LogP contribution in [0.2, 0.25) is 0 Å². The molecule has 0 aliphatic heterocycles. The fourth-order valence-electron chi connectivity index (χ4n) is 0.671. The molecule has 78 valence electrons. The van der Waals surface area contributed by atoms with Crippen molar-refractivity contribution in [3.05, 3.63) is 0 Å². The zero-order valence-corrected chi connectivity index (χ0v) is 6.41. The van der Waals surface area contributed by atoms with Gasteiger partial charge in [-0.25, -0.2) is 0 Å². The first-order valence-corrected chi connectivity index (χ1v) is 3.48. The first-order valence-electron chi connectivity index (χ1n) is 3.48. The van der Waals surface area contributed by atoms with Gasteiger partial charge in [0.2, 0.25) is 0 Å². The van der Waals surface area contributed by atoms with Gasteiger partial charge in [0.25, 0.3) is 0 Å². The van der Waals surface area contributed by atoms with Crippen molar-refractivity contribution < 1.29 is 30.6 Å². The van der Waals surface area contributed by atoms with Crippen LogP contribution in [0.3, 0.4) is 0 Å². The van der Waals surface area contributed by atoms with Crippen molar-refractivity contribution in [1.82, 2.24) is 0 Å². The van der Waals surface area contributed by atoms with Crippen LogP contribution in [-0.2, 0) is 0 Å². The van der Waals surface area contributed by atoms with Crippen molar-refractivity contribution in [3.8, 4) is 0 Å². The maximum atomic E-state index is 8.96. The average molecular weight is 224 g/mol. The standard InChI is InChI=1S/C6H14O6.Ca.2H/c7-1-3(9)5(11)6(12)4(10)2-8;;;/h3-12H,1-2H2;;;/t3-,4-,5-,6-;;;/m1.../s1. The predicted molar refractivity (Wildman–Crippen MR) is 46.7 cm³/mol. The summed E-state index contributed by atoms with van der Waals surface area (Å²) >= 11 is 0. The molecule has 0 fully saturated rings. The Labute approximate surface area is 105 Å². The van der Waals surface area contributed by atoms with Gasteiger partial charge in [-0.2, -0.15) is 0 Å². The fraction of sp³-hybridized carbons (Fsp3) is 1.00. The van der Waals surface area contributed by atoms with Gasteiger partial charge in [0.05, 0.1) is 13.2 Å². The Balaban J connectivity index is 0. The normalized spacial score (nSPS) is 19.8. The molecule has 0 bridgehead atoms. The van der Waals surface area contributed by atoms with Gasteiger partial charge in [-0.05, 0) is 0 Å². The molecule has 0 aliphatic carbocycles. The Kier molecular flexibility index (Phi) is 10.6. The van der Waals surface area contributed by atoms with Gasteiger partial charge in [-0.3, -0.25) is 0 Å². The molecule has 6 nitrogen and oxygen atoms in total. The van der Waals surface area contributed by atoms with Crippen molar-refractivity contribution in [3.63, 3.8) is 0 Å². The molecule has 0 heterocycles. The Morgan fingerprint density at radius 1 is 0.692 bits per heavy atom. The van der Waals surface area contributed by atoms with Gasteiger partial charge in [0, 0.05) is 0 Å². The number of hydrogen-bond acceptors (Lipinski definition) is 6. The van der Waals surface area contributed by atoms with Crippen LogP contribution >= 0.6 is 0 Å². The molecule has 0 rings (SSSR count). The molecule has 0 aromatic carbocycles. The van der Waals surface area contributed by atoms with Crippen molar-refractivity contribution >= 4 is 37.7 Å². The maximum absolute atomic E-state index is 8.96. The minimum absolute atomic E-state index is 0. The zero-order chi connectivity index (χ0) is 9.72. The topological polar surface area (TPSA) is 121 Å². The summed E-state index contributed by atoms with van der Waals surface area (Å²) in [7, 11) is 0. The first kappa shape index (κ1) is 16.4. The van der Waals surface area contributed by atoms with Gasteiger partial charge in [-0.1, -0.05) is 0 Å². The van der Waals surface area contributed by atoms with Gasteiger partial charge in [0.1, 0.15) is 24.4 Å². The Morgan fingerprint density at radius 2 is 0.923 bits per heavy atom. The molecular formula is C6H16CaO6. The van der Waals surface area contributed by atoms with Crippen LogP contribution in [0.1, 0.15) is 0 Å². The van der Waals surface area contributed by atoms with Crippen LogP contribution in [-0.4, -0.2) is 106 Å². The summed E-state index contributed by atoms with van der Waals surface area (Å²) in [6, 6.07) is 0. The minimum atomic E-state index is -1.67. The van der Waals surface area contributed by atoms with E-state index < -0.39 is 37.6 Å². The van der Waals surface area contributed by atoms with Crippen molar-refractivity contribution in [2.45, 2.75) is 24.4 Å². The summed E-state index contributed by atoms with van der Waals surface area (Å²) in [6.45, 7) is -1.45. The zero-order valence-electron chi connectivity index (χ0n) is 6.41. The Bertz CT molecular complexity index is 110. The quantitative estimate of drug-likeness (QED) is 0.262. The van der Waals surface area contributed by atoms with Gasteiger partial charge >= 0.3 is 37.7 Å². The van der Waals surface area contributed by atoms with Crippen molar-refractivity contribution in [1.29, 1.82) is 0 Å². The summed E-state index contributed by atoms with van der Waals surface area (Å²) < 4.78 is 0. The van der Waals surface area contributed by atoms with Gasteiger partial charge in [-0.15, -0.1) is 0 Å². The molecule has 0 saturated carbocycles. The van der Waals surface area contributed by atoms with E-state index in [2.05, 4.69) is 0 Å². The number of hydrogen-bond donors (Lipinski definition) is 6. The van der Waals surface area contributed by atoms with E-state index in [4.69, 9.17) is 30.6 Å². The molecule has 0 unspecified atom stereocenters. The molecule has 0 radical (unpaired) electrons. The van der Waals surface area contributed by atoms with Crippen molar-refractivity contribution in [2.24, 2.45) is 0 Å². The van der Waals surface area contributed by atoms with Crippen LogP contribution in [0.4, 0.5) is 0 Å². The second-order valence-electron chi connectivity index (χ2n) is 2.48. The van der Waals surface area contributed by atoms with Crippen molar-refractivity contribution in [2.75, 3.05) is 13.2 Å². The average Bonchev–Trinajstić information content (AvgIpc) is 2.12. The van der Waals surface area contributed by atoms with Crippen LogP contribution < -0.4 is 0 Å². The number of rotatable bonds is 5. The summed E-state index contributed by atoms with van der Waals surface area (Å²) in [4.78, 5) is 0. The molecule has 6 N–H and O–H groups in total. The van der Waals surface area contributed by atoms with Crippen LogP contribution in [0.5, 0.6) is 0 Å². The van der Waals surface area contributed by atoms with E-state index in [-0.39, 0.29) is 37.7 Å². The Hall–Kier alpha value is 1.02. The molecular weight excluding hydrogens is 208 g/mol. The van der Waals surface area contributed by atoms with E-state index in [0.717, 1.165) is 0 Å². The predicted octanol–water partition coefficient (Wildman–Crippen LogP) is -4.50. The second-order valence-corrected chi connectivity index (χ2v) is 2.48. The van der Waals surface area contributed by atoms with E-state index >= 15 is 0 Å². The number of aliphatic hydroxyl groups is 6. The molecule has 0 amide bonds. The van der Waals surface area contributed by atoms with Crippen LogP contribution in [0, 0.1) is 0 Å². The monoisotopic (exact) mass is 224 g/mol. The van der Waals surface area contributed by atoms with E-state index in [1.807, 2.05) is 0 Å². The first-order chi connectivity index (χ1) is 5.54.